The number of carbonyl (C=O) groups excluding carboxylic acids is 1. The lowest BCUT2D eigenvalue weighted by Crippen LogP contribution is -2.33. The van der Waals surface area contributed by atoms with Crippen LogP contribution in [0.1, 0.15) is 29.9 Å². The van der Waals surface area contributed by atoms with E-state index in [1.807, 2.05) is 30.3 Å². The summed E-state index contributed by atoms with van der Waals surface area (Å²) in [5, 5.41) is 5.13. The van der Waals surface area contributed by atoms with Gasteiger partial charge in [-0.3, -0.25) is 4.79 Å². The van der Waals surface area contributed by atoms with Gasteiger partial charge >= 0.3 is 0 Å². The number of hydrogen-bond acceptors (Lipinski definition) is 2. The third-order valence-corrected chi connectivity index (χ3v) is 4.66. The van der Waals surface area contributed by atoms with Crippen LogP contribution in [0.15, 0.2) is 30.3 Å². The molecule has 1 N–H and O–H groups in total. The molecule has 102 valence electrons. The van der Waals surface area contributed by atoms with Gasteiger partial charge in [0.25, 0.3) is 5.91 Å². The molecule has 2 aromatic rings. The molecule has 0 bridgehead atoms. The van der Waals surface area contributed by atoms with E-state index in [9.17, 15) is 4.79 Å². The van der Waals surface area contributed by atoms with Gasteiger partial charge in [0, 0.05) is 16.6 Å². The second-order valence-corrected chi connectivity index (χ2v) is 7.31. The second-order valence-electron chi connectivity index (χ2n) is 5.43. The highest BCUT2D eigenvalue weighted by atomic mass is 79.9. The quantitative estimate of drug-likeness (QED) is 0.801. The van der Waals surface area contributed by atoms with Gasteiger partial charge in [-0.25, -0.2) is 0 Å². The number of carbonyl (C=O) groups is 1. The van der Waals surface area contributed by atoms with Gasteiger partial charge in [-0.1, -0.05) is 48.0 Å². The smallest absolute Gasteiger partial charge is 0.261 e. The first kappa shape index (κ1) is 14.5. The van der Waals surface area contributed by atoms with Crippen LogP contribution in [0.3, 0.4) is 0 Å². The molecule has 0 unspecified atom stereocenters. The van der Waals surface area contributed by atoms with Crippen LogP contribution in [0.2, 0.25) is 0 Å². The molecule has 0 atom stereocenters. The van der Waals surface area contributed by atoms with Crippen LogP contribution in [-0.4, -0.2) is 17.8 Å². The molecular formula is C15H18BrNOS. The minimum atomic E-state index is 0.0313. The molecule has 0 fully saturated rings. The van der Waals surface area contributed by atoms with E-state index in [4.69, 9.17) is 0 Å². The van der Waals surface area contributed by atoms with Crippen LogP contribution in [0.5, 0.6) is 0 Å². The SMILES string of the molecule is CC(C)(CCBr)CNC(=O)c1cc2ccccc2s1. The van der Waals surface area contributed by atoms with Crippen LogP contribution in [0, 0.1) is 5.41 Å². The maximum atomic E-state index is 12.2. The van der Waals surface area contributed by atoms with Crippen LogP contribution < -0.4 is 5.32 Å². The van der Waals surface area contributed by atoms with E-state index in [1.54, 1.807) is 11.3 Å². The van der Waals surface area contributed by atoms with E-state index in [2.05, 4.69) is 35.1 Å². The zero-order chi connectivity index (χ0) is 13.9. The third-order valence-electron chi connectivity index (χ3n) is 3.15. The Labute approximate surface area is 126 Å². The molecule has 0 aliphatic heterocycles. The molecule has 2 rings (SSSR count). The molecule has 0 spiro atoms. The van der Waals surface area contributed by atoms with Crippen LogP contribution in [0.25, 0.3) is 10.1 Å². The van der Waals surface area contributed by atoms with E-state index < -0.39 is 0 Å². The highest BCUT2D eigenvalue weighted by Crippen LogP contribution is 2.25. The molecule has 4 heteroatoms. The van der Waals surface area contributed by atoms with Gasteiger partial charge in [0.05, 0.1) is 4.88 Å². The van der Waals surface area contributed by atoms with Crippen LogP contribution in [0.4, 0.5) is 0 Å². The molecule has 0 aliphatic rings. The zero-order valence-corrected chi connectivity index (χ0v) is 13.6. The maximum Gasteiger partial charge on any atom is 0.261 e. The molecule has 1 aromatic heterocycles. The van der Waals surface area contributed by atoms with Crippen molar-refractivity contribution in [3.8, 4) is 0 Å². The highest BCUT2D eigenvalue weighted by Gasteiger charge is 2.19. The molecular weight excluding hydrogens is 322 g/mol. The fourth-order valence-corrected chi connectivity index (χ4v) is 3.90. The first-order valence-corrected chi connectivity index (χ1v) is 8.28. The molecule has 1 aromatic carbocycles. The number of rotatable bonds is 5. The average molecular weight is 340 g/mol. The van der Waals surface area contributed by atoms with E-state index in [0.717, 1.165) is 26.7 Å². The molecule has 0 saturated carbocycles. The monoisotopic (exact) mass is 339 g/mol. The Morgan fingerprint density at radius 1 is 1.37 bits per heavy atom. The topological polar surface area (TPSA) is 29.1 Å². The summed E-state index contributed by atoms with van der Waals surface area (Å²) in [6, 6.07) is 10.0. The predicted octanol–water partition coefficient (Wildman–Crippen LogP) is 4.44. The number of amides is 1. The Bertz CT molecular complexity index is 543. The van der Waals surface area contributed by atoms with Gasteiger partial charge in [-0.05, 0) is 29.4 Å². The van der Waals surface area contributed by atoms with Gasteiger partial charge in [-0.2, -0.15) is 0 Å². The van der Waals surface area contributed by atoms with Crippen molar-refractivity contribution in [3.63, 3.8) is 0 Å². The largest absolute Gasteiger partial charge is 0.351 e. The summed E-state index contributed by atoms with van der Waals surface area (Å²) in [5.74, 6) is 0.0313. The number of benzene rings is 1. The summed E-state index contributed by atoms with van der Waals surface area (Å²) in [5.41, 5.74) is 0.121. The third kappa shape index (κ3) is 3.80. The summed E-state index contributed by atoms with van der Waals surface area (Å²) < 4.78 is 1.16. The molecule has 0 saturated heterocycles. The number of halogens is 1. The summed E-state index contributed by atoms with van der Waals surface area (Å²) >= 11 is 5.00. The van der Waals surface area contributed by atoms with Gasteiger partial charge < -0.3 is 5.32 Å². The molecule has 1 amide bonds. The van der Waals surface area contributed by atoms with Crippen molar-refractivity contribution in [1.82, 2.24) is 5.32 Å². The van der Waals surface area contributed by atoms with E-state index >= 15 is 0 Å². The Balaban J connectivity index is 2.04. The lowest BCUT2D eigenvalue weighted by atomic mass is 9.90. The van der Waals surface area contributed by atoms with E-state index in [1.165, 1.54) is 0 Å². The second kappa shape index (κ2) is 6.06. The Morgan fingerprint density at radius 2 is 2.11 bits per heavy atom. The Kier molecular flexibility index (Phi) is 4.63. The number of hydrogen-bond donors (Lipinski definition) is 1. The molecule has 1 heterocycles. The van der Waals surface area contributed by atoms with Gasteiger partial charge in [0.1, 0.15) is 0 Å². The fourth-order valence-electron chi connectivity index (χ4n) is 1.84. The van der Waals surface area contributed by atoms with Crippen molar-refractivity contribution in [2.45, 2.75) is 20.3 Å². The lowest BCUT2D eigenvalue weighted by Gasteiger charge is -2.23. The molecule has 2 nitrogen and oxygen atoms in total. The number of fused-ring (bicyclic) bond motifs is 1. The predicted molar refractivity (Wildman–Crippen MR) is 86.4 cm³/mol. The standard InChI is InChI=1S/C15H18BrNOS/c1-15(2,7-8-16)10-17-14(18)13-9-11-5-3-4-6-12(11)19-13/h3-6,9H,7-8,10H2,1-2H3,(H,17,18). The summed E-state index contributed by atoms with van der Waals surface area (Å²) in [6.07, 6.45) is 1.04. The molecule has 19 heavy (non-hydrogen) atoms. The van der Waals surface area contributed by atoms with E-state index in [0.29, 0.717) is 6.54 Å². The summed E-state index contributed by atoms with van der Waals surface area (Å²) in [6.45, 7) is 5.03. The lowest BCUT2D eigenvalue weighted by molar-refractivity contribution is 0.0940. The Hall–Kier alpha value is -0.870. The fraction of sp³-hybridized carbons (Fsp3) is 0.400. The first-order chi connectivity index (χ1) is 9.02. The van der Waals surface area contributed by atoms with Crippen molar-refractivity contribution in [1.29, 1.82) is 0 Å². The van der Waals surface area contributed by atoms with Crippen LogP contribution in [-0.2, 0) is 0 Å². The van der Waals surface area contributed by atoms with Gasteiger partial charge in [0.15, 0.2) is 0 Å². The van der Waals surface area contributed by atoms with Crippen molar-refractivity contribution in [3.05, 3.63) is 35.2 Å². The Morgan fingerprint density at radius 3 is 2.79 bits per heavy atom. The number of nitrogens with one attached hydrogen (secondary N) is 1. The first-order valence-electron chi connectivity index (χ1n) is 6.34. The van der Waals surface area contributed by atoms with Crippen molar-refractivity contribution in [2.24, 2.45) is 5.41 Å². The van der Waals surface area contributed by atoms with Crippen molar-refractivity contribution >= 4 is 43.3 Å². The minimum Gasteiger partial charge on any atom is -0.351 e. The number of thiophene rings is 1. The zero-order valence-electron chi connectivity index (χ0n) is 11.2. The minimum absolute atomic E-state index is 0.0313. The van der Waals surface area contributed by atoms with Crippen LogP contribution >= 0.6 is 27.3 Å². The average Bonchev–Trinajstić information content (AvgIpc) is 2.79. The normalized spacial score (nSPS) is 11.7. The molecule has 0 aliphatic carbocycles. The summed E-state index contributed by atoms with van der Waals surface area (Å²) in [7, 11) is 0. The van der Waals surface area contributed by atoms with Crippen molar-refractivity contribution < 1.29 is 4.79 Å². The summed E-state index contributed by atoms with van der Waals surface area (Å²) in [4.78, 5) is 12.9. The maximum absolute atomic E-state index is 12.2. The van der Waals surface area contributed by atoms with E-state index in [-0.39, 0.29) is 11.3 Å². The number of alkyl halides is 1. The van der Waals surface area contributed by atoms with Gasteiger partial charge in [-0.15, -0.1) is 11.3 Å². The molecule has 0 radical (unpaired) electrons. The van der Waals surface area contributed by atoms with Crippen molar-refractivity contribution in [2.75, 3.05) is 11.9 Å². The van der Waals surface area contributed by atoms with Gasteiger partial charge in [0.2, 0.25) is 0 Å². The highest BCUT2D eigenvalue weighted by molar-refractivity contribution is 9.09.